The van der Waals surface area contributed by atoms with Crippen LogP contribution >= 0.6 is 11.3 Å². The van der Waals surface area contributed by atoms with Crippen molar-refractivity contribution in [1.82, 2.24) is 4.98 Å². The zero-order valence-corrected chi connectivity index (χ0v) is 19.5. The van der Waals surface area contributed by atoms with Crippen molar-refractivity contribution in [3.8, 4) is 22.6 Å². The smallest absolute Gasteiger partial charge is 0.345 e. The Labute approximate surface area is 198 Å². The molecule has 4 aromatic rings. The maximum atomic E-state index is 12.5. The summed E-state index contributed by atoms with van der Waals surface area (Å²) in [7, 11) is 1.62. The summed E-state index contributed by atoms with van der Waals surface area (Å²) >= 11 is 0.791. The van der Waals surface area contributed by atoms with E-state index >= 15 is 0 Å². The lowest BCUT2D eigenvalue weighted by molar-refractivity contribution is -0.380. The fraction of sp³-hybridized carbons (Fsp3) is 0.167. The van der Waals surface area contributed by atoms with Crippen LogP contribution in [0.3, 0.4) is 0 Å². The zero-order valence-electron chi connectivity index (χ0n) is 18.7. The highest BCUT2D eigenvalue weighted by Gasteiger charge is 2.17. The number of benzene rings is 2. The van der Waals surface area contributed by atoms with Crippen molar-refractivity contribution in [3.05, 3.63) is 70.6 Å². The first-order valence-corrected chi connectivity index (χ1v) is 11.1. The third-order valence-corrected chi connectivity index (χ3v) is 5.92. The van der Waals surface area contributed by atoms with Gasteiger partial charge in [0.1, 0.15) is 23.3 Å². The van der Waals surface area contributed by atoms with E-state index in [1.807, 2.05) is 37.3 Å². The molecule has 0 saturated heterocycles. The number of hydrogen-bond donors (Lipinski definition) is 1. The van der Waals surface area contributed by atoms with E-state index in [0.717, 1.165) is 45.4 Å². The Balaban J connectivity index is 1.69. The number of rotatable bonds is 8. The maximum absolute atomic E-state index is 12.5. The van der Waals surface area contributed by atoms with E-state index in [1.54, 1.807) is 26.4 Å². The van der Waals surface area contributed by atoms with Crippen LogP contribution < -0.4 is 14.8 Å². The van der Waals surface area contributed by atoms with E-state index in [2.05, 4.69) is 10.3 Å². The average molecular weight is 480 g/mol. The van der Waals surface area contributed by atoms with Gasteiger partial charge in [0.15, 0.2) is 5.13 Å². The highest BCUT2D eigenvalue weighted by Crippen LogP contribution is 2.38. The summed E-state index contributed by atoms with van der Waals surface area (Å²) in [5, 5.41) is 14.3. The van der Waals surface area contributed by atoms with Gasteiger partial charge in [-0.25, -0.2) is 4.98 Å². The SMILES string of the molecule is CCOc1cc2occ(-c3ccc(OC)cc3)c2cc1/C(C)=C/C(=O)Nc1ncc([N+](=O)[O-])s1. The highest BCUT2D eigenvalue weighted by atomic mass is 32.1. The molecule has 2 aromatic heterocycles. The maximum Gasteiger partial charge on any atom is 0.345 e. The number of thiazole rings is 1. The Morgan fingerprint density at radius 3 is 2.71 bits per heavy atom. The van der Waals surface area contributed by atoms with E-state index in [0.29, 0.717) is 23.5 Å². The van der Waals surface area contributed by atoms with E-state index in [-0.39, 0.29) is 10.1 Å². The number of aromatic nitrogens is 1. The van der Waals surface area contributed by atoms with Gasteiger partial charge < -0.3 is 13.9 Å². The second-order valence-corrected chi connectivity index (χ2v) is 8.24. The van der Waals surface area contributed by atoms with E-state index in [1.165, 1.54) is 6.08 Å². The van der Waals surface area contributed by atoms with Crippen LogP contribution in [0, 0.1) is 10.1 Å². The Morgan fingerprint density at radius 2 is 2.06 bits per heavy atom. The van der Waals surface area contributed by atoms with Gasteiger partial charge in [0.05, 0.1) is 24.9 Å². The number of nitrogens with zero attached hydrogens (tertiary/aromatic N) is 2. The second-order valence-electron chi connectivity index (χ2n) is 7.23. The zero-order chi connectivity index (χ0) is 24.2. The molecule has 2 aromatic carbocycles. The lowest BCUT2D eigenvalue weighted by atomic mass is 9.99. The molecule has 34 heavy (non-hydrogen) atoms. The van der Waals surface area contributed by atoms with Crippen molar-refractivity contribution < 1.29 is 23.6 Å². The van der Waals surface area contributed by atoms with Crippen LogP contribution in [0.1, 0.15) is 19.4 Å². The molecule has 0 aliphatic carbocycles. The molecule has 0 saturated carbocycles. The van der Waals surface area contributed by atoms with Crippen molar-refractivity contribution in [2.24, 2.45) is 0 Å². The van der Waals surface area contributed by atoms with Gasteiger partial charge in [-0.1, -0.05) is 12.1 Å². The number of nitrogens with one attached hydrogen (secondary N) is 1. The summed E-state index contributed by atoms with van der Waals surface area (Å²) in [6, 6.07) is 11.4. The van der Waals surface area contributed by atoms with Gasteiger partial charge >= 0.3 is 5.00 Å². The van der Waals surface area contributed by atoms with Crippen molar-refractivity contribution in [2.75, 3.05) is 19.0 Å². The summed E-state index contributed by atoms with van der Waals surface area (Å²) < 4.78 is 16.8. The van der Waals surface area contributed by atoms with Gasteiger partial charge in [-0.05, 0) is 54.5 Å². The molecule has 0 fully saturated rings. The number of allylic oxidation sites excluding steroid dienone is 1. The average Bonchev–Trinajstić information content (AvgIpc) is 3.45. The van der Waals surface area contributed by atoms with E-state index in [9.17, 15) is 14.9 Å². The predicted octanol–water partition coefficient (Wildman–Crippen LogP) is 5.91. The molecule has 174 valence electrons. The molecule has 0 aliphatic rings. The number of carbonyl (C=O) groups excluding carboxylic acids is 1. The van der Waals surface area contributed by atoms with Crippen LogP contribution in [0.2, 0.25) is 0 Å². The van der Waals surface area contributed by atoms with Crippen LogP contribution in [-0.2, 0) is 4.79 Å². The molecule has 0 spiro atoms. The fourth-order valence-corrected chi connectivity index (χ4v) is 4.09. The largest absolute Gasteiger partial charge is 0.497 e. The monoisotopic (exact) mass is 479 g/mol. The first-order valence-electron chi connectivity index (χ1n) is 10.3. The molecule has 1 amide bonds. The summed E-state index contributed by atoms with van der Waals surface area (Å²) in [5.41, 5.74) is 3.89. The molecule has 2 heterocycles. The number of furan rings is 1. The van der Waals surface area contributed by atoms with Crippen molar-refractivity contribution in [1.29, 1.82) is 0 Å². The molecular weight excluding hydrogens is 458 g/mol. The number of fused-ring (bicyclic) bond motifs is 1. The quantitative estimate of drug-likeness (QED) is 0.189. The Bertz CT molecular complexity index is 1390. The summed E-state index contributed by atoms with van der Waals surface area (Å²) in [4.78, 5) is 26.7. The van der Waals surface area contributed by atoms with Gasteiger partial charge in [0.25, 0.3) is 0 Å². The minimum Gasteiger partial charge on any atom is -0.497 e. The molecule has 9 nitrogen and oxygen atoms in total. The van der Waals surface area contributed by atoms with Crippen LogP contribution in [0.15, 0.2) is 59.4 Å². The number of hydrogen-bond acceptors (Lipinski definition) is 8. The third-order valence-electron chi connectivity index (χ3n) is 5.05. The number of ether oxygens (including phenoxy) is 2. The second kappa shape index (κ2) is 9.75. The van der Waals surface area contributed by atoms with Crippen LogP contribution in [0.25, 0.3) is 27.7 Å². The molecule has 1 N–H and O–H groups in total. The minimum atomic E-state index is -0.552. The number of nitro groups is 1. The Morgan fingerprint density at radius 1 is 1.29 bits per heavy atom. The van der Waals surface area contributed by atoms with Crippen molar-refractivity contribution >= 4 is 43.9 Å². The van der Waals surface area contributed by atoms with Crippen molar-refractivity contribution in [2.45, 2.75) is 13.8 Å². The van der Waals surface area contributed by atoms with Gasteiger partial charge in [-0.3, -0.25) is 20.2 Å². The first-order chi connectivity index (χ1) is 16.4. The molecule has 4 rings (SSSR count). The number of anilines is 1. The highest BCUT2D eigenvalue weighted by molar-refractivity contribution is 7.18. The van der Waals surface area contributed by atoms with Gasteiger partial charge in [-0.15, -0.1) is 0 Å². The number of amides is 1. The first kappa shape index (κ1) is 23.0. The molecular formula is C24H21N3O6S. The fourth-order valence-electron chi connectivity index (χ4n) is 3.46. The summed E-state index contributed by atoms with van der Waals surface area (Å²) in [6.45, 7) is 4.10. The van der Waals surface area contributed by atoms with E-state index in [4.69, 9.17) is 13.9 Å². The molecule has 0 aliphatic heterocycles. The Hall–Kier alpha value is -4.18. The van der Waals surface area contributed by atoms with Crippen LogP contribution in [0.4, 0.5) is 10.1 Å². The van der Waals surface area contributed by atoms with Gasteiger partial charge in [0, 0.05) is 28.7 Å². The summed E-state index contributed by atoms with van der Waals surface area (Å²) in [6.07, 6.45) is 4.20. The lowest BCUT2D eigenvalue weighted by Gasteiger charge is -2.11. The summed E-state index contributed by atoms with van der Waals surface area (Å²) in [5.74, 6) is 0.884. The number of methoxy groups -OCH3 is 1. The normalized spacial score (nSPS) is 11.4. The molecule has 10 heteroatoms. The number of carbonyl (C=O) groups is 1. The van der Waals surface area contributed by atoms with Crippen LogP contribution in [-0.4, -0.2) is 29.5 Å². The topological polar surface area (TPSA) is 117 Å². The molecule has 0 bridgehead atoms. The molecule has 0 unspecified atom stereocenters. The van der Waals surface area contributed by atoms with Crippen LogP contribution in [0.5, 0.6) is 11.5 Å². The van der Waals surface area contributed by atoms with Crippen molar-refractivity contribution in [3.63, 3.8) is 0 Å². The molecule has 0 atom stereocenters. The lowest BCUT2D eigenvalue weighted by Crippen LogP contribution is -2.08. The van der Waals surface area contributed by atoms with Gasteiger partial charge in [-0.2, -0.15) is 0 Å². The predicted molar refractivity (Wildman–Crippen MR) is 130 cm³/mol. The Kier molecular flexibility index (Phi) is 6.60. The standard InChI is InChI=1S/C24H21N3O6S/c1-4-32-20-11-21-18(19(13-33-21)15-5-7-16(31-3)8-6-15)10-17(20)14(2)9-22(28)26-24-25-12-23(34-24)27(29)30/h5-13H,4H2,1-3H3,(H,25,26,28)/b14-9+. The molecule has 0 radical (unpaired) electrons. The third kappa shape index (κ3) is 4.76. The minimum absolute atomic E-state index is 0.147. The van der Waals surface area contributed by atoms with E-state index < -0.39 is 10.8 Å². The van der Waals surface area contributed by atoms with Gasteiger partial charge in [0.2, 0.25) is 5.91 Å².